The molecule has 2 heteroatoms. The second-order valence-electron chi connectivity index (χ2n) is 3.91. The number of benzene rings is 1. The number of hydrogen-bond donors (Lipinski definition) is 2. The monoisotopic (exact) mass is 200 g/mol. The van der Waals surface area contributed by atoms with E-state index in [0.29, 0.717) is 5.92 Å². The van der Waals surface area contributed by atoms with Gasteiger partial charge in [-0.2, -0.15) is 0 Å². The van der Waals surface area contributed by atoms with E-state index >= 15 is 0 Å². The number of hydrazine groups is 1. The summed E-state index contributed by atoms with van der Waals surface area (Å²) < 4.78 is 0. The second kappa shape index (κ2) is 4.48. The molecule has 1 aliphatic rings. The summed E-state index contributed by atoms with van der Waals surface area (Å²) >= 11 is 0. The molecule has 0 heterocycles. The van der Waals surface area contributed by atoms with Crippen molar-refractivity contribution in [1.82, 2.24) is 5.43 Å². The van der Waals surface area contributed by atoms with E-state index in [1.54, 1.807) is 0 Å². The van der Waals surface area contributed by atoms with Gasteiger partial charge in [0, 0.05) is 18.4 Å². The van der Waals surface area contributed by atoms with Crippen LogP contribution in [0.5, 0.6) is 0 Å². The van der Waals surface area contributed by atoms with Crippen molar-refractivity contribution >= 4 is 0 Å². The average Bonchev–Trinajstić information content (AvgIpc) is 2.24. The van der Waals surface area contributed by atoms with Crippen molar-refractivity contribution in [3.63, 3.8) is 0 Å². The highest BCUT2D eigenvalue weighted by Gasteiger charge is 2.31. The molecule has 0 saturated heterocycles. The number of nitrogens with one attached hydrogen (secondary N) is 1. The molecule has 2 nitrogen and oxygen atoms in total. The number of rotatable bonds is 3. The van der Waals surface area contributed by atoms with Crippen LogP contribution in [0.15, 0.2) is 24.3 Å². The molecule has 2 unspecified atom stereocenters. The highest BCUT2D eigenvalue weighted by atomic mass is 15.2. The molecule has 1 aromatic carbocycles. The summed E-state index contributed by atoms with van der Waals surface area (Å²) in [6, 6.07) is 8.83. The van der Waals surface area contributed by atoms with Gasteiger partial charge in [-0.05, 0) is 24.5 Å². The van der Waals surface area contributed by atoms with E-state index < -0.39 is 0 Å². The number of nitrogens with two attached hydrogens (primary N) is 1. The second-order valence-corrected chi connectivity index (χ2v) is 3.91. The van der Waals surface area contributed by atoms with E-state index in [4.69, 9.17) is 5.84 Å². The normalized spacial score (nSPS) is 19.5. The molecule has 15 heavy (non-hydrogen) atoms. The van der Waals surface area contributed by atoms with E-state index in [1.807, 2.05) is 6.92 Å². The summed E-state index contributed by atoms with van der Waals surface area (Å²) in [5.74, 6) is 12.1. The molecule has 0 spiro atoms. The molecule has 0 bridgehead atoms. The van der Waals surface area contributed by atoms with Gasteiger partial charge in [-0.15, -0.1) is 11.8 Å². The van der Waals surface area contributed by atoms with E-state index in [-0.39, 0.29) is 6.04 Å². The van der Waals surface area contributed by atoms with Gasteiger partial charge in [0.2, 0.25) is 0 Å². The van der Waals surface area contributed by atoms with Crippen LogP contribution in [0.4, 0.5) is 0 Å². The minimum atomic E-state index is 0.285. The van der Waals surface area contributed by atoms with Gasteiger partial charge in [0.15, 0.2) is 0 Å². The Morgan fingerprint density at radius 3 is 3.00 bits per heavy atom. The maximum atomic E-state index is 5.56. The summed E-state index contributed by atoms with van der Waals surface area (Å²) in [5, 5.41) is 0. The van der Waals surface area contributed by atoms with Crippen molar-refractivity contribution in [2.24, 2.45) is 5.84 Å². The van der Waals surface area contributed by atoms with Crippen LogP contribution in [-0.4, -0.2) is 6.04 Å². The van der Waals surface area contributed by atoms with Crippen molar-refractivity contribution < 1.29 is 0 Å². The summed E-state index contributed by atoms with van der Waals surface area (Å²) in [6.45, 7) is 1.86. The van der Waals surface area contributed by atoms with Gasteiger partial charge in [0.05, 0.1) is 0 Å². The molecule has 3 N–H and O–H groups in total. The van der Waals surface area contributed by atoms with Crippen molar-refractivity contribution in [1.29, 1.82) is 0 Å². The molecule has 0 saturated carbocycles. The lowest BCUT2D eigenvalue weighted by atomic mass is 9.73. The Balaban J connectivity index is 2.09. The van der Waals surface area contributed by atoms with Gasteiger partial charge >= 0.3 is 0 Å². The van der Waals surface area contributed by atoms with E-state index in [0.717, 1.165) is 12.8 Å². The van der Waals surface area contributed by atoms with Crippen LogP contribution < -0.4 is 11.3 Å². The highest BCUT2D eigenvalue weighted by molar-refractivity contribution is 5.41. The number of hydrogen-bond acceptors (Lipinski definition) is 2. The first kappa shape index (κ1) is 10.2. The van der Waals surface area contributed by atoms with Crippen LogP contribution in [0, 0.1) is 11.8 Å². The standard InChI is InChI=1S/C13H16N2/c1-2-3-8-13(15-14)12-9-10-6-4-5-7-11(10)12/h4-7,12-13,15H,8-9,14H2,1H3. The molecule has 2 rings (SSSR count). The predicted molar refractivity (Wildman–Crippen MR) is 62.1 cm³/mol. The van der Waals surface area contributed by atoms with E-state index in [9.17, 15) is 0 Å². The molecule has 0 fully saturated rings. The molecular formula is C13H16N2. The summed E-state index contributed by atoms with van der Waals surface area (Å²) in [7, 11) is 0. The van der Waals surface area contributed by atoms with Crippen molar-refractivity contribution in [3.8, 4) is 11.8 Å². The zero-order valence-corrected chi connectivity index (χ0v) is 8.96. The molecule has 1 aromatic rings. The van der Waals surface area contributed by atoms with Gasteiger partial charge in [0.1, 0.15) is 0 Å². The van der Waals surface area contributed by atoms with Crippen LogP contribution in [0.25, 0.3) is 0 Å². The fraction of sp³-hybridized carbons (Fsp3) is 0.385. The Bertz CT molecular complexity index is 400. The summed E-state index contributed by atoms with van der Waals surface area (Å²) in [6.07, 6.45) is 1.95. The third kappa shape index (κ3) is 1.90. The topological polar surface area (TPSA) is 38.0 Å². The minimum Gasteiger partial charge on any atom is -0.271 e. The lowest BCUT2D eigenvalue weighted by Crippen LogP contribution is -2.43. The smallest absolute Gasteiger partial charge is 0.0391 e. The van der Waals surface area contributed by atoms with Gasteiger partial charge in [-0.25, -0.2) is 0 Å². The Hall–Kier alpha value is -1.30. The molecule has 0 aliphatic heterocycles. The maximum Gasteiger partial charge on any atom is 0.0391 e. The third-order valence-electron chi connectivity index (χ3n) is 3.09. The fourth-order valence-corrected chi connectivity index (χ4v) is 2.19. The molecular weight excluding hydrogens is 184 g/mol. The fourth-order valence-electron chi connectivity index (χ4n) is 2.19. The highest BCUT2D eigenvalue weighted by Crippen LogP contribution is 2.37. The van der Waals surface area contributed by atoms with Crippen LogP contribution in [-0.2, 0) is 6.42 Å². The first-order chi connectivity index (χ1) is 7.36. The first-order valence-electron chi connectivity index (χ1n) is 5.30. The average molecular weight is 200 g/mol. The molecule has 2 atom stereocenters. The van der Waals surface area contributed by atoms with Gasteiger partial charge in [0.25, 0.3) is 0 Å². The Morgan fingerprint density at radius 1 is 1.53 bits per heavy atom. The quantitative estimate of drug-likeness (QED) is 0.441. The van der Waals surface area contributed by atoms with Crippen molar-refractivity contribution in [2.45, 2.75) is 31.7 Å². The molecule has 0 amide bonds. The van der Waals surface area contributed by atoms with Crippen molar-refractivity contribution in [3.05, 3.63) is 35.4 Å². The third-order valence-corrected chi connectivity index (χ3v) is 3.09. The lowest BCUT2D eigenvalue weighted by Gasteiger charge is -2.35. The maximum absolute atomic E-state index is 5.56. The summed E-state index contributed by atoms with van der Waals surface area (Å²) in [5.41, 5.74) is 5.76. The molecule has 0 radical (unpaired) electrons. The number of fused-ring (bicyclic) bond motifs is 1. The SMILES string of the molecule is CC#CCC(NN)C1Cc2ccccc21. The van der Waals surface area contributed by atoms with Gasteiger partial charge < -0.3 is 0 Å². The predicted octanol–water partition coefficient (Wildman–Crippen LogP) is 1.57. The first-order valence-corrected chi connectivity index (χ1v) is 5.30. The van der Waals surface area contributed by atoms with Crippen LogP contribution >= 0.6 is 0 Å². The van der Waals surface area contributed by atoms with Gasteiger partial charge in [-0.1, -0.05) is 24.3 Å². The molecule has 0 aromatic heterocycles. The van der Waals surface area contributed by atoms with Crippen LogP contribution in [0.3, 0.4) is 0 Å². The zero-order valence-electron chi connectivity index (χ0n) is 8.96. The Morgan fingerprint density at radius 2 is 2.33 bits per heavy atom. The largest absolute Gasteiger partial charge is 0.271 e. The van der Waals surface area contributed by atoms with Crippen molar-refractivity contribution in [2.75, 3.05) is 0 Å². The Labute approximate surface area is 90.8 Å². The molecule has 1 aliphatic carbocycles. The van der Waals surface area contributed by atoms with E-state index in [2.05, 4.69) is 41.5 Å². The molecule has 78 valence electrons. The minimum absolute atomic E-state index is 0.285. The van der Waals surface area contributed by atoms with Crippen LogP contribution in [0.1, 0.15) is 30.4 Å². The van der Waals surface area contributed by atoms with Gasteiger partial charge in [-0.3, -0.25) is 11.3 Å². The van der Waals surface area contributed by atoms with E-state index in [1.165, 1.54) is 11.1 Å². The van der Waals surface area contributed by atoms with Crippen LogP contribution in [0.2, 0.25) is 0 Å². The zero-order chi connectivity index (χ0) is 10.7. The Kier molecular flexibility index (Phi) is 3.05. The lowest BCUT2D eigenvalue weighted by molar-refractivity contribution is 0.413. The summed E-state index contributed by atoms with van der Waals surface area (Å²) in [4.78, 5) is 0.